The molecule has 30 heavy (non-hydrogen) atoms. The minimum Gasteiger partial charge on any atom is -0.495 e. The second-order valence-electron chi connectivity index (χ2n) is 6.82. The van der Waals surface area contributed by atoms with Gasteiger partial charge in [-0.2, -0.15) is 0 Å². The molecule has 0 saturated carbocycles. The van der Waals surface area contributed by atoms with Gasteiger partial charge in [-0.1, -0.05) is 19.1 Å². The minimum absolute atomic E-state index is 0.0139. The quantitative estimate of drug-likeness (QED) is 0.587. The predicted molar refractivity (Wildman–Crippen MR) is 113 cm³/mol. The zero-order valence-corrected chi connectivity index (χ0v) is 18.2. The summed E-state index contributed by atoms with van der Waals surface area (Å²) < 4.78 is 37.6. The third-order valence-electron chi connectivity index (χ3n) is 4.06. The van der Waals surface area contributed by atoms with Crippen molar-refractivity contribution in [3.05, 3.63) is 53.6 Å². The minimum atomic E-state index is -3.90. The molecule has 0 aliphatic carbocycles. The maximum absolute atomic E-state index is 12.5. The third kappa shape index (κ3) is 6.30. The number of benzene rings is 2. The lowest BCUT2D eigenvalue weighted by molar-refractivity contribution is -0.119. The fourth-order valence-electron chi connectivity index (χ4n) is 2.62. The van der Waals surface area contributed by atoms with Crippen molar-refractivity contribution < 1.29 is 27.5 Å². The largest absolute Gasteiger partial charge is 0.495 e. The Hall–Kier alpha value is -2.91. The number of anilines is 1. The monoisotopic (exact) mass is 434 g/mol. The molecule has 0 spiro atoms. The van der Waals surface area contributed by atoms with Crippen molar-refractivity contribution in [2.75, 3.05) is 19.0 Å². The number of carbonyl (C=O) groups is 2. The van der Waals surface area contributed by atoms with Crippen LogP contribution in [0.3, 0.4) is 0 Å². The number of hydrogen-bond acceptors (Lipinski definition) is 6. The molecular formula is C21H26N2O6S. The van der Waals surface area contributed by atoms with Crippen LogP contribution in [0.15, 0.2) is 47.4 Å². The molecule has 0 aliphatic heterocycles. The molecule has 2 aromatic rings. The van der Waals surface area contributed by atoms with Crippen LogP contribution in [0.25, 0.3) is 0 Å². The molecule has 0 aliphatic rings. The molecule has 2 aromatic carbocycles. The summed E-state index contributed by atoms with van der Waals surface area (Å²) in [5.74, 6) is -1.24. The summed E-state index contributed by atoms with van der Waals surface area (Å²) >= 11 is 0. The average molecular weight is 435 g/mol. The number of carbonyl (C=O) groups excluding carboxylic acids is 2. The van der Waals surface area contributed by atoms with Crippen LogP contribution in [-0.4, -0.2) is 40.1 Å². The number of hydrogen-bond donors (Lipinski definition) is 2. The van der Waals surface area contributed by atoms with Crippen LogP contribution in [0.5, 0.6) is 5.75 Å². The van der Waals surface area contributed by atoms with E-state index in [1.54, 1.807) is 26.0 Å². The van der Waals surface area contributed by atoms with E-state index < -0.39 is 28.5 Å². The number of ether oxygens (including phenoxy) is 2. The van der Waals surface area contributed by atoms with E-state index in [-0.39, 0.29) is 22.3 Å². The molecule has 0 atom stereocenters. The normalized spacial score (nSPS) is 11.2. The Bertz CT molecular complexity index is 1000. The van der Waals surface area contributed by atoms with Gasteiger partial charge in [-0.05, 0) is 56.2 Å². The van der Waals surface area contributed by atoms with Crippen molar-refractivity contribution in [2.45, 2.75) is 38.1 Å². The SMILES string of the molecule is CCc1ccc(NC(=O)COC(=O)c2ccc(OC)c(S(=O)(=O)NC(C)C)c2)cc1. The first-order valence-corrected chi connectivity index (χ1v) is 10.9. The van der Waals surface area contributed by atoms with Crippen LogP contribution in [0, 0.1) is 0 Å². The van der Waals surface area contributed by atoms with E-state index in [2.05, 4.69) is 10.0 Å². The van der Waals surface area contributed by atoms with Crippen molar-refractivity contribution in [3.8, 4) is 5.75 Å². The van der Waals surface area contributed by atoms with E-state index in [4.69, 9.17) is 9.47 Å². The van der Waals surface area contributed by atoms with Crippen LogP contribution in [-0.2, 0) is 26.0 Å². The number of esters is 1. The lowest BCUT2D eigenvalue weighted by Crippen LogP contribution is -2.30. The first kappa shape index (κ1) is 23.4. The van der Waals surface area contributed by atoms with Gasteiger partial charge in [0.15, 0.2) is 6.61 Å². The Kier molecular flexibility index (Phi) is 7.96. The lowest BCUT2D eigenvalue weighted by atomic mass is 10.1. The highest BCUT2D eigenvalue weighted by atomic mass is 32.2. The summed E-state index contributed by atoms with van der Waals surface area (Å²) in [4.78, 5) is 24.2. The lowest BCUT2D eigenvalue weighted by Gasteiger charge is -2.14. The Labute approximate surface area is 176 Å². The van der Waals surface area contributed by atoms with Crippen LogP contribution in [0.2, 0.25) is 0 Å². The number of amides is 1. The number of aryl methyl sites for hydroxylation is 1. The number of methoxy groups -OCH3 is 1. The highest BCUT2D eigenvalue weighted by Crippen LogP contribution is 2.25. The maximum atomic E-state index is 12.5. The van der Waals surface area contributed by atoms with Gasteiger partial charge in [0, 0.05) is 11.7 Å². The van der Waals surface area contributed by atoms with Gasteiger partial charge in [0.2, 0.25) is 10.0 Å². The van der Waals surface area contributed by atoms with Crippen LogP contribution < -0.4 is 14.8 Å². The molecular weight excluding hydrogens is 408 g/mol. The Morgan fingerprint density at radius 1 is 1.07 bits per heavy atom. The summed E-state index contributed by atoms with van der Waals surface area (Å²) in [6.07, 6.45) is 0.887. The topological polar surface area (TPSA) is 111 Å². The molecule has 1 amide bonds. The molecule has 0 aromatic heterocycles. The van der Waals surface area contributed by atoms with Gasteiger partial charge < -0.3 is 14.8 Å². The van der Waals surface area contributed by atoms with Gasteiger partial charge in [0.25, 0.3) is 5.91 Å². The van der Waals surface area contributed by atoms with Gasteiger partial charge in [-0.15, -0.1) is 0 Å². The van der Waals surface area contributed by atoms with Gasteiger partial charge in [0.05, 0.1) is 12.7 Å². The highest BCUT2D eigenvalue weighted by molar-refractivity contribution is 7.89. The van der Waals surface area contributed by atoms with Crippen LogP contribution >= 0.6 is 0 Å². The molecule has 0 saturated heterocycles. The smallest absolute Gasteiger partial charge is 0.338 e. The van der Waals surface area contributed by atoms with Crippen molar-refractivity contribution in [2.24, 2.45) is 0 Å². The van der Waals surface area contributed by atoms with Crippen LogP contribution in [0.4, 0.5) is 5.69 Å². The summed E-state index contributed by atoms with van der Waals surface area (Å²) in [6.45, 7) is 4.88. The van der Waals surface area contributed by atoms with E-state index in [1.807, 2.05) is 19.1 Å². The van der Waals surface area contributed by atoms with E-state index in [0.717, 1.165) is 18.1 Å². The fraction of sp³-hybridized carbons (Fsp3) is 0.333. The average Bonchev–Trinajstić information content (AvgIpc) is 2.71. The Morgan fingerprint density at radius 3 is 2.30 bits per heavy atom. The number of rotatable bonds is 9. The molecule has 2 rings (SSSR count). The van der Waals surface area contributed by atoms with E-state index in [9.17, 15) is 18.0 Å². The van der Waals surface area contributed by atoms with E-state index in [1.165, 1.54) is 19.2 Å². The standard InChI is InChI=1S/C21H26N2O6S/c1-5-15-6-9-17(10-7-15)22-20(24)13-29-21(25)16-8-11-18(28-4)19(12-16)30(26,27)23-14(2)3/h6-12,14,23H,5,13H2,1-4H3,(H,22,24). The van der Waals surface area contributed by atoms with Gasteiger partial charge in [-0.3, -0.25) is 4.79 Å². The summed E-state index contributed by atoms with van der Waals surface area (Å²) in [6, 6.07) is 10.9. The van der Waals surface area contributed by atoms with Gasteiger partial charge >= 0.3 is 5.97 Å². The van der Waals surface area contributed by atoms with Gasteiger partial charge in [-0.25, -0.2) is 17.9 Å². The fourth-order valence-corrected chi connectivity index (χ4v) is 4.07. The van der Waals surface area contributed by atoms with E-state index in [0.29, 0.717) is 5.69 Å². The van der Waals surface area contributed by atoms with Crippen molar-refractivity contribution in [1.82, 2.24) is 4.72 Å². The van der Waals surface area contributed by atoms with Gasteiger partial charge in [0.1, 0.15) is 10.6 Å². The highest BCUT2D eigenvalue weighted by Gasteiger charge is 2.23. The second-order valence-corrected chi connectivity index (χ2v) is 8.50. The second kappa shape index (κ2) is 10.2. The molecule has 0 heterocycles. The molecule has 162 valence electrons. The Morgan fingerprint density at radius 2 is 1.73 bits per heavy atom. The van der Waals surface area contributed by atoms with Crippen LogP contribution in [0.1, 0.15) is 36.7 Å². The van der Waals surface area contributed by atoms with Crippen molar-refractivity contribution in [3.63, 3.8) is 0 Å². The molecule has 0 bridgehead atoms. The summed E-state index contributed by atoms with van der Waals surface area (Å²) in [5.41, 5.74) is 1.71. The van der Waals surface area contributed by atoms with Crippen molar-refractivity contribution in [1.29, 1.82) is 0 Å². The summed E-state index contributed by atoms with van der Waals surface area (Å²) in [5, 5.41) is 2.63. The molecule has 0 unspecified atom stereocenters. The molecule has 9 heteroatoms. The summed E-state index contributed by atoms with van der Waals surface area (Å²) in [7, 11) is -2.57. The molecule has 8 nitrogen and oxygen atoms in total. The first-order chi connectivity index (χ1) is 14.2. The molecule has 0 radical (unpaired) electrons. The Balaban J connectivity index is 2.07. The molecule has 2 N–H and O–H groups in total. The molecule has 0 fully saturated rings. The van der Waals surface area contributed by atoms with Crippen molar-refractivity contribution >= 4 is 27.6 Å². The third-order valence-corrected chi connectivity index (χ3v) is 5.74. The first-order valence-electron chi connectivity index (χ1n) is 9.42. The zero-order valence-electron chi connectivity index (χ0n) is 17.4. The number of sulfonamides is 1. The maximum Gasteiger partial charge on any atom is 0.338 e. The number of nitrogens with one attached hydrogen (secondary N) is 2. The van der Waals surface area contributed by atoms with E-state index >= 15 is 0 Å². The predicted octanol–water partition coefficient (Wildman–Crippen LogP) is 2.74. The zero-order chi connectivity index (χ0) is 22.3.